The van der Waals surface area contributed by atoms with Crippen LogP contribution in [0, 0.1) is 6.92 Å². The Balaban J connectivity index is 1.19. The second-order valence-corrected chi connectivity index (χ2v) is 7.34. The maximum Gasteiger partial charge on any atom is 0.323 e. The van der Waals surface area contributed by atoms with Gasteiger partial charge < -0.3 is 15.4 Å². The first-order valence-corrected chi connectivity index (χ1v) is 10.3. The van der Waals surface area contributed by atoms with E-state index >= 15 is 0 Å². The maximum absolute atomic E-state index is 12.4. The van der Waals surface area contributed by atoms with Gasteiger partial charge in [-0.3, -0.25) is 4.57 Å². The van der Waals surface area contributed by atoms with Gasteiger partial charge in [-0.1, -0.05) is 30.3 Å². The van der Waals surface area contributed by atoms with Crippen molar-refractivity contribution in [2.75, 3.05) is 10.6 Å². The summed E-state index contributed by atoms with van der Waals surface area (Å²) >= 11 is 0. The topological polar surface area (TPSA) is 94.0 Å². The van der Waals surface area contributed by atoms with Gasteiger partial charge in [0.25, 0.3) is 0 Å². The number of ether oxygens (including phenoxy) is 1. The number of hydrogen-bond acceptors (Lipinski definition) is 5. The molecule has 0 atom stereocenters. The zero-order valence-corrected chi connectivity index (χ0v) is 17.8. The predicted octanol–water partition coefficient (Wildman–Crippen LogP) is 5.56. The molecule has 0 fully saturated rings. The van der Waals surface area contributed by atoms with Gasteiger partial charge >= 0.3 is 6.03 Å². The van der Waals surface area contributed by atoms with Gasteiger partial charge in [0.05, 0.1) is 0 Å². The number of nitrogens with zero attached hydrogens (tertiary/aromatic N) is 4. The van der Waals surface area contributed by atoms with E-state index < -0.39 is 0 Å². The summed E-state index contributed by atoms with van der Waals surface area (Å²) < 4.78 is 7.58. The number of rotatable bonds is 5. The van der Waals surface area contributed by atoms with E-state index in [2.05, 4.69) is 25.8 Å². The van der Waals surface area contributed by atoms with Crippen molar-refractivity contribution in [3.05, 3.63) is 97.1 Å². The van der Waals surface area contributed by atoms with E-state index in [1.807, 2.05) is 66.2 Å². The lowest BCUT2D eigenvalue weighted by atomic mass is 10.1. The minimum Gasteiger partial charge on any atom is -0.438 e. The molecule has 3 aromatic carbocycles. The smallest absolute Gasteiger partial charge is 0.323 e. The summed E-state index contributed by atoms with van der Waals surface area (Å²) in [4.78, 5) is 16.5. The third kappa shape index (κ3) is 4.64. The molecule has 8 heteroatoms. The van der Waals surface area contributed by atoms with Crippen molar-refractivity contribution in [2.45, 2.75) is 6.92 Å². The molecule has 0 bridgehead atoms. The predicted molar refractivity (Wildman–Crippen MR) is 127 cm³/mol. The second-order valence-electron chi connectivity index (χ2n) is 7.34. The molecule has 0 spiro atoms. The van der Waals surface area contributed by atoms with Gasteiger partial charge in [0.2, 0.25) is 5.88 Å². The molecule has 2 aromatic heterocycles. The summed E-state index contributed by atoms with van der Waals surface area (Å²) in [7, 11) is 0. The van der Waals surface area contributed by atoms with E-state index in [9.17, 15) is 4.79 Å². The summed E-state index contributed by atoms with van der Waals surface area (Å²) in [5, 5.41) is 16.1. The average Bonchev–Trinajstić information content (AvgIpc) is 3.26. The van der Waals surface area contributed by atoms with Crippen LogP contribution in [-0.4, -0.2) is 25.8 Å². The van der Waals surface area contributed by atoms with Gasteiger partial charge in [-0.25, -0.2) is 9.78 Å². The quantitative estimate of drug-likeness (QED) is 0.376. The third-order valence-corrected chi connectivity index (χ3v) is 5.04. The molecule has 2 heterocycles. The van der Waals surface area contributed by atoms with E-state index in [1.165, 1.54) is 0 Å². The van der Waals surface area contributed by atoms with Crippen molar-refractivity contribution in [1.82, 2.24) is 19.7 Å². The Morgan fingerprint density at radius 3 is 2.33 bits per heavy atom. The lowest BCUT2D eigenvalue weighted by Crippen LogP contribution is -2.19. The van der Waals surface area contributed by atoms with Crippen molar-refractivity contribution in [3.8, 4) is 17.4 Å². The number of fused-ring (bicyclic) bond motifs is 1. The standard InChI is InChI=1S/C25H20N6O2/c1-17-26-14-15-31(17)23-12-13-24(30-29-23)33-22-10-8-20(9-11-22)27-25(32)28-21-7-6-18-4-2-3-5-19(18)16-21/h2-16H,1H3,(H2,27,28,32). The Morgan fingerprint density at radius 2 is 1.61 bits per heavy atom. The number of amides is 2. The van der Waals surface area contributed by atoms with Crippen LogP contribution in [0.1, 0.15) is 5.82 Å². The highest BCUT2D eigenvalue weighted by Crippen LogP contribution is 2.22. The lowest BCUT2D eigenvalue weighted by Gasteiger charge is -2.10. The summed E-state index contributed by atoms with van der Waals surface area (Å²) in [6, 6.07) is 24.0. The van der Waals surface area contributed by atoms with Gasteiger partial charge in [-0.15, -0.1) is 10.2 Å². The number of aryl methyl sites for hydroxylation is 1. The Hall–Kier alpha value is -4.72. The summed E-state index contributed by atoms with van der Waals surface area (Å²) in [6.07, 6.45) is 3.53. The number of anilines is 2. The van der Waals surface area contributed by atoms with Gasteiger partial charge in [0, 0.05) is 29.8 Å². The van der Waals surface area contributed by atoms with Crippen LogP contribution in [0.15, 0.2) is 91.3 Å². The van der Waals surface area contributed by atoms with E-state index in [-0.39, 0.29) is 6.03 Å². The maximum atomic E-state index is 12.4. The molecule has 0 radical (unpaired) electrons. The molecular formula is C25H20N6O2. The van der Waals surface area contributed by atoms with Crippen molar-refractivity contribution < 1.29 is 9.53 Å². The number of carbonyl (C=O) groups is 1. The molecule has 0 saturated carbocycles. The zero-order valence-electron chi connectivity index (χ0n) is 17.8. The fourth-order valence-electron chi connectivity index (χ4n) is 3.40. The molecule has 162 valence electrons. The van der Waals surface area contributed by atoms with Crippen LogP contribution in [0.3, 0.4) is 0 Å². The number of carbonyl (C=O) groups excluding carboxylic acids is 1. The summed E-state index contributed by atoms with van der Waals surface area (Å²) in [6.45, 7) is 1.89. The highest BCUT2D eigenvalue weighted by Gasteiger charge is 2.07. The number of urea groups is 1. The number of benzene rings is 3. The van der Waals surface area contributed by atoms with Gasteiger partial charge in [0.15, 0.2) is 5.82 Å². The normalized spacial score (nSPS) is 10.7. The number of imidazole rings is 1. The Morgan fingerprint density at radius 1 is 0.848 bits per heavy atom. The fraction of sp³-hybridized carbons (Fsp3) is 0.0400. The van der Waals surface area contributed by atoms with Gasteiger partial charge in [0.1, 0.15) is 11.6 Å². The van der Waals surface area contributed by atoms with Crippen molar-refractivity contribution >= 4 is 28.2 Å². The van der Waals surface area contributed by atoms with Crippen molar-refractivity contribution in [1.29, 1.82) is 0 Å². The fourth-order valence-corrected chi connectivity index (χ4v) is 3.40. The zero-order chi connectivity index (χ0) is 22.6. The van der Waals surface area contributed by atoms with Crippen LogP contribution in [0.5, 0.6) is 11.6 Å². The Labute approximate surface area is 189 Å². The molecule has 33 heavy (non-hydrogen) atoms. The number of hydrogen-bond donors (Lipinski definition) is 2. The van der Waals surface area contributed by atoms with Crippen LogP contribution < -0.4 is 15.4 Å². The first kappa shape index (κ1) is 20.2. The average molecular weight is 436 g/mol. The molecule has 0 unspecified atom stereocenters. The van der Waals surface area contributed by atoms with E-state index in [0.29, 0.717) is 23.1 Å². The second kappa shape index (κ2) is 8.80. The molecular weight excluding hydrogens is 416 g/mol. The number of nitrogens with one attached hydrogen (secondary N) is 2. The third-order valence-electron chi connectivity index (χ3n) is 5.04. The molecule has 2 amide bonds. The molecule has 0 aliphatic rings. The van der Waals surface area contributed by atoms with Crippen molar-refractivity contribution in [3.63, 3.8) is 0 Å². The highest BCUT2D eigenvalue weighted by atomic mass is 16.5. The van der Waals surface area contributed by atoms with Crippen LogP contribution in [-0.2, 0) is 0 Å². The molecule has 0 aliphatic carbocycles. The molecule has 8 nitrogen and oxygen atoms in total. The Bertz CT molecular complexity index is 1410. The molecule has 5 rings (SSSR count). The summed E-state index contributed by atoms with van der Waals surface area (Å²) in [5.41, 5.74) is 1.36. The van der Waals surface area contributed by atoms with Crippen LogP contribution in [0.25, 0.3) is 16.6 Å². The largest absolute Gasteiger partial charge is 0.438 e. The highest BCUT2D eigenvalue weighted by molar-refractivity contribution is 6.01. The minimum absolute atomic E-state index is 0.324. The first-order valence-electron chi connectivity index (χ1n) is 10.3. The monoisotopic (exact) mass is 436 g/mol. The molecule has 0 aliphatic heterocycles. The number of aromatic nitrogens is 4. The first-order chi connectivity index (χ1) is 16.1. The van der Waals surface area contributed by atoms with Gasteiger partial charge in [-0.2, -0.15) is 0 Å². The van der Waals surface area contributed by atoms with Crippen LogP contribution in [0.4, 0.5) is 16.2 Å². The Kier molecular flexibility index (Phi) is 5.38. The van der Waals surface area contributed by atoms with Crippen LogP contribution >= 0.6 is 0 Å². The van der Waals surface area contributed by atoms with E-state index in [0.717, 1.165) is 22.3 Å². The summed E-state index contributed by atoms with van der Waals surface area (Å²) in [5.74, 6) is 2.43. The minimum atomic E-state index is -0.324. The SMILES string of the molecule is Cc1nccn1-c1ccc(Oc2ccc(NC(=O)Nc3ccc4ccccc4c3)cc2)nn1. The van der Waals surface area contributed by atoms with Crippen molar-refractivity contribution in [2.24, 2.45) is 0 Å². The lowest BCUT2D eigenvalue weighted by molar-refractivity contribution is 0.262. The van der Waals surface area contributed by atoms with Gasteiger partial charge in [-0.05, 0) is 60.2 Å². The van der Waals surface area contributed by atoms with E-state index in [1.54, 1.807) is 36.5 Å². The molecule has 0 saturated heterocycles. The molecule has 2 N–H and O–H groups in total. The van der Waals surface area contributed by atoms with E-state index in [4.69, 9.17) is 4.74 Å². The van der Waals surface area contributed by atoms with Crippen LogP contribution in [0.2, 0.25) is 0 Å². The molecule has 5 aromatic rings.